The van der Waals surface area contributed by atoms with E-state index in [2.05, 4.69) is 10.4 Å². The van der Waals surface area contributed by atoms with Crippen LogP contribution in [0.4, 0.5) is 5.82 Å². The average molecular weight is 251 g/mol. The number of carbonyl (C=O) groups is 2. The van der Waals surface area contributed by atoms with Gasteiger partial charge in [-0.25, -0.2) is 0 Å². The summed E-state index contributed by atoms with van der Waals surface area (Å²) in [5.41, 5.74) is 0. The first-order valence-electron chi connectivity index (χ1n) is 6.09. The van der Waals surface area contributed by atoms with Crippen molar-refractivity contribution in [3.05, 3.63) is 12.3 Å². The van der Waals surface area contributed by atoms with Gasteiger partial charge < -0.3 is 10.4 Å². The maximum atomic E-state index is 12.0. The predicted octanol–water partition coefficient (Wildman–Crippen LogP) is 1.25. The first kappa shape index (κ1) is 12.6. The number of nitrogens with one attached hydrogen (secondary N) is 1. The minimum absolute atomic E-state index is 0.125. The van der Waals surface area contributed by atoms with E-state index in [1.54, 1.807) is 24.0 Å². The maximum Gasteiger partial charge on any atom is 0.306 e. The number of aromatic nitrogens is 2. The topological polar surface area (TPSA) is 84.2 Å². The fraction of sp³-hybridized carbons (Fsp3) is 0.583. The second kappa shape index (κ2) is 5.20. The van der Waals surface area contributed by atoms with Crippen molar-refractivity contribution in [1.82, 2.24) is 9.78 Å². The van der Waals surface area contributed by atoms with Crippen molar-refractivity contribution < 1.29 is 14.7 Å². The molecule has 1 saturated carbocycles. The highest BCUT2D eigenvalue weighted by atomic mass is 16.4. The fourth-order valence-corrected chi connectivity index (χ4v) is 2.36. The molecule has 6 nitrogen and oxygen atoms in total. The van der Waals surface area contributed by atoms with Crippen LogP contribution in [0.3, 0.4) is 0 Å². The highest BCUT2D eigenvalue weighted by Gasteiger charge is 2.31. The Bertz CT molecular complexity index is 455. The normalized spacial score (nSPS) is 23.6. The van der Waals surface area contributed by atoms with Gasteiger partial charge in [-0.2, -0.15) is 5.10 Å². The zero-order valence-corrected chi connectivity index (χ0v) is 10.3. The van der Waals surface area contributed by atoms with E-state index in [0.29, 0.717) is 18.7 Å². The summed E-state index contributed by atoms with van der Waals surface area (Å²) in [6.45, 7) is 0. The Morgan fingerprint density at radius 3 is 2.78 bits per heavy atom. The lowest BCUT2D eigenvalue weighted by Gasteiger charge is -2.25. The molecule has 2 N–H and O–H groups in total. The number of anilines is 1. The molecule has 0 aromatic carbocycles. The smallest absolute Gasteiger partial charge is 0.306 e. The minimum atomic E-state index is -0.801. The lowest BCUT2D eigenvalue weighted by atomic mass is 9.81. The summed E-state index contributed by atoms with van der Waals surface area (Å²) < 4.78 is 1.61. The Kier molecular flexibility index (Phi) is 3.64. The van der Waals surface area contributed by atoms with Crippen molar-refractivity contribution in [2.45, 2.75) is 25.7 Å². The van der Waals surface area contributed by atoms with E-state index in [1.165, 1.54) is 0 Å². The first-order valence-corrected chi connectivity index (χ1v) is 6.09. The average Bonchev–Trinajstić information content (AvgIpc) is 2.75. The van der Waals surface area contributed by atoms with E-state index in [9.17, 15) is 9.59 Å². The molecule has 98 valence electrons. The molecular weight excluding hydrogens is 234 g/mol. The number of nitrogens with zero attached hydrogens (tertiary/aromatic N) is 2. The molecule has 1 fully saturated rings. The van der Waals surface area contributed by atoms with Gasteiger partial charge in [0.05, 0.1) is 5.92 Å². The summed E-state index contributed by atoms with van der Waals surface area (Å²) in [4.78, 5) is 22.9. The number of rotatable bonds is 3. The van der Waals surface area contributed by atoms with E-state index >= 15 is 0 Å². The van der Waals surface area contributed by atoms with Gasteiger partial charge in [0.15, 0.2) is 5.82 Å². The van der Waals surface area contributed by atoms with Crippen LogP contribution in [0.5, 0.6) is 0 Å². The molecule has 1 aromatic rings. The van der Waals surface area contributed by atoms with Crippen LogP contribution in [-0.4, -0.2) is 26.8 Å². The van der Waals surface area contributed by atoms with Crippen LogP contribution in [0.15, 0.2) is 12.3 Å². The highest BCUT2D eigenvalue weighted by Crippen LogP contribution is 2.29. The molecule has 0 bridgehead atoms. The molecule has 1 aromatic heterocycles. The van der Waals surface area contributed by atoms with E-state index in [1.807, 2.05) is 0 Å². The molecule has 1 amide bonds. The molecule has 2 rings (SSSR count). The third-order valence-electron chi connectivity index (χ3n) is 3.36. The second-order valence-electron chi connectivity index (χ2n) is 4.76. The van der Waals surface area contributed by atoms with Crippen molar-refractivity contribution in [2.75, 3.05) is 5.32 Å². The van der Waals surface area contributed by atoms with Gasteiger partial charge in [0.25, 0.3) is 0 Å². The molecule has 6 heteroatoms. The first-order chi connectivity index (χ1) is 8.56. The molecule has 1 aliphatic carbocycles. The highest BCUT2D eigenvalue weighted by molar-refractivity contribution is 5.92. The predicted molar refractivity (Wildman–Crippen MR) is 64.9 cm³/mol. The lowest BCUT2D eigenvalue weighted by molar-refractivity contribution is -0.143. The van der Waals surface area contributed by atoms with Gasteiger partial charge in [-0.3, -0.25) is 14.3 Å². The lowest BCUT2D eigenvalue weighted by Crippen LogP contribution is -2.31. The molecule has 1 aliphatic rings. The van der Waals surface area contributed by atoms with E-state index in [0.717, 1.165) is 12.8 Å². The van der Waals surface area contributed by atoms with Gasteiger partial charge in [0.2, 0.25) is 5.91 Å². The Morgan fingerprint density at radius 2 is 2.17 bits per heavy atom. The summed E-state index contributed by atoms with van der Waals surface area (Å²) in [6.07, 6.45) is 4.38. The number of carboxylic acids is 1. The Morgan fingerprint density at radius 1 is 1.44 bits per heavy atom. The molecular formula is C12H17N3O3. The van der Waals surface area contributed by atoms with Gasteiger partial charge in [-0.05, 0) is 19.3 Å². The van der Waals surface area contributed by atoms with Crippen molar-refractivity contribution in [2.24, 2.45) is 18.9 Å². The van der Waals surface area contributed by atoms with Crippen LogP contribution in [0, 0.1) is 11.8 Å². The SMILES string of the molecule is Cn1ccc(NC(=O)C2CCCC(C(=O)O)C2)n1. The number of carbonyl (C=O) groups excluding carboxylic acids is 1. The summed E-state index contributed by atoms with van der Waals surface area (Å²) >= 11 is 0. The largest absolute Gasteiger partial charge is 0.481 e. The van der Waals surface area contributed by atoms with Gasteiger partial charge in [0, 0.05) is 25.2 Å². The third-order valence-corrected chi connectivity index (χ3v) is 3.36. The maximum absolute atomic E-state index is 12.0. The molecule has 0 aliphatic heterocycles. The summed E-state index contributed by atoms with van der Waals surface area (Å²) in [7, 11) is 1.77. The van der Waals surface area contributed by atoms with Crippen molar-refractivity contribution >= 4 is 17.7 Å². The molecule has 2 atom stereocenters. The fourth-order valence-electron chi connectivity index (χ4n) is 2.36. The summed E-state index contributed by atoms with van der Waals surface area (Å²) in [5, 5.41) is 15.8. The van der Waals surface area contributed by atoms with Crippen LogP contribution in [0.1, 0.15) is 25.7 Å². The van der Waals surface area contributed by atoms with Crippen molar-refractivity contribution in [1.29, 1.82) is 0 Å². The molecule has 18 heavy (non-hydrogen) atoms. The molecule has 1 heterocycles. The number of hydrogen-bond acceptors (Lipinski definition) is 3. The number of carboxylic acid groups (broad SMARTS) is 1. The molecule has 0 saturated heterocycles. The van der Waals surface area contributed by atoms with E-state index in [4.69, 9.17) is 5.11 Å². The Hall–Kier alpha value is -1.85. The van der Waals surface area contributed by atoms with Gasteiger partial charge >= 0.3 is 5.97 Å². The summed E-state index contributed by atoms with van der Waals surface area (Å²) in [6, 6.07) is 1.72. The quantitative estimate of drug-likeness (QED) is 0.846. The number of amides is 1. The number of hydrogen-bond donors (Lipinski definition) is 2. The monoisotopic (exact) mass is 251 g/mol. The van der Waals surface area contributed by atoms with Crippen LogP contribution in [0.25, 0.3) is 0 Å². The summed E-state index contributed by atoms with van der Waals surface area (Å²) in [5.74, 6) is -1.02. The zero-order chi connectivity index (χ0) is 13.1. The van der Waals surface area contributed by atoms with Crippen LogP contribution in [0.2, 0.25) is 0 Å². The Balaban J connectivity index is 1.94. The third kappa shape index (κ3) is 2.88. The van der Waals surface area contributed by atoms with E-state index < -0.39 is 11.9 Å². The standard InChI is InChI=1S/C12H17N3O3/c1-15-6-5-10(14-15)13-11(16)8-3-2-4-9(7-8)12(17)18/h5-6,8-9H,2-4,7H2,1H3,(H,17,18)(H,13,14,16). The van der Waals surface area contributed by atoms with Gasteiger partial charge in [0.1, 0.15) is 0 Å². The molecule has 0 radical (unpaired) electrons. The number of aryl methyl sites for hydroxylation is 1. The van der Waals surface area contributed by atoms with Crippen LogP contribution in [-0.2, 0) is 16.6 Å². The molecule has 2 unspecified atom stereocenters. The van der Waals surface area contributed by atoms with Crippen molar-refractivity contribution in [3.63, 3.8) is 0 Å². The number of aliphatic carboxylic acids is 1. The van der Waals surface area contributed by atoms with Gasteiger partial charge in [-0.15, -0.1) is 0 Å². The van der Waals surface area contributed by atoms with Crippen LogP contribution < -0.4 is 5.32 Å². The van der Waals surface area contributed by atoms with Gasteiger partial charge in [-0.1, -0.05) is 6.42 Å². The minimum Gasteiger partial charge on any atom is -0.481 e. The Labute approximate surface area is 105 Å². The zero-order valence-electron chi connectivity index (χ0n) is 10.3. The second-order valence-corrected chi connectivity index (χ2v) is 4.76. The molecule has 0 spiro atoms. The van der Waals surface area contributed by atoms with Crippen molar-refractivity contribution in [3.8, 4) is 0 Å². The van der Waals surface area contributed by atoms with E-state index in [-0.39, 0.29) is 11.8 Å². The van der Waals surface area contributed by atoms with Crippen LogP contribution >= 0.6 is 0 Å².